The highest BCUT2D eigenvalue weighted by molar-refractivity contribution is 5.42. The standard InChI is InChI=1S/C12H20N2O2/c1-9(2)14(6-7-15)12-8-11(10(3)16)4-5-13-12/h4-5,8-10,15-16H,6-7H2,1-3H3/t10-/m0/s1. The monoisotopic (exact) mass is 224 g/mol. The number of hydrogen-bond acceptors (Lipinski definition) is 4. The number of rotatable bonds is 5. The molecule has 90 valence electrons. The summed E-state index contributed by atoms with van der Waals surface area (Å²) < 4.78 is 0. The minimum absolute atomic E-state index is 0.0960. The Bertz CT molecular complexity index is 327. The van der Waals surface area contributed by atoms with Crippen LogP contribution in [-0.2, 0) is 0 Å². The molecule has 0 saturated carbocycles. The van der Waals surface area contributed by atoms with Crippen LogP contribution in [0.25, 0.3) is 0 Å². The summed E-state index contributed by atoms with van der Waals surface area (Å²) in [6.07, 6.45) is 1.19. The molecule has 0 fully saturated rings. The van der Waals surface area contributed by atoms with Crippen molar-refractivity contribution in [2.45, 2.75) is 32.9 Å². The topological polar surface area (TPSA) is 56.6 Å². The van der Waals surface area contributed by atoms with Gasteiger partial charge in [-0.15, -0.1) is 0 Å². The van der Waals surface area contributed by atoms with E-state index in [1.54, 1.807) is 19.2 Å². The van der Waals surface area contributed by atoms with Crippen LogP contribution in [0.2, 0.25) is 0 Å². The molecule has 0 saturated heterocycles. The van der Waals surface area contributed by atoms with E-state index in [1.807, 2.05) is 24.8 Å². The first kappa shape index (κ1) is 12.9. The van der Waals surface area contributed by atoms with Crippen molar-refractivity contribution in [3.8, 4) is 0 Å². The van der Waals surface area contributed by atoms with E-state index in [4.69, 9.17) is 5.11 Å². The lowest BCUT2D eigenvalue weighted by Gasteiger charge is -2.27. The summed E-state index contributed by atoms with van der Waals surface area (Å²) in [6, 6.07) is 3.93. The fourth-order valence-electron chi connectivity index (χ4n) is 1.60. The smallest absolute Gasteiger partial charge is 0.129 e. The van der Waals surface area contributed by atoms with E-state index in [-0.39, 0.29) is 12.6 Å². The molecule has 4 heteroatoms. The van der Waals surface area contributed by atoms with Crippen LogP contribution in [0.3, 0.4) is 0 Å². The van der Waals surface area contributed by atoms with Crippen molar-refractivity contribution in [2.24, 2.45) is 0 Å². The fourth-order valence-corrected chi connectivity index (χ4v) is 1.60. The number of aromatic nitrogens is 1. The predicted octanol–water partition coefficient (Wildman–Crippen LogP) is 1.34. The molecule has 1 atom stereocenters. The van der Waals surface area contributed by atoms with Crippen molar-refractivity contribution in [3.05, 3.63) is 23.9 Å². The summed E-state index contributed by atoms with van der Waals surface area (Å²) in [5.41, 5.74) is 0.841. The predicted molar refractivity (Wildman–Crippen MR) is 64.4 cm³/mol. The van der Waals surface area contributed by atoms with E-state index >= 15 is 0 Å². The van der Waals surface area contributed by atoms with Gasteiger partial charge < -0.3 is 15.1 Å². The molecule has 0 aliphatic carbocycles. The van der Waals surface area contributed by atoms with Gasteiger partial charge in [-0.25, -0.2) is 4.98 Å². The molecule has 0 bridgehead atoms. The second-order valence-corrected chi connectivity index (χ2v) is 4.13. The fraction of sp³-hybridized carbons (Fsp3) is 0.583. The summed E-state index contributed by atoms with van der Waals surface area (Å²) in [5.74, 6) is 0.794. The van der Waals surface area contributed by atoms with E-state index in [0.29, 0.717) is 6.54 Å². The number of aliphatic hydroxyl groups is 2. The van der Waals surface area contributed by atoms with Crippen molar-refractivity contribution in [2.75, 3.05) is 18.1 Å². The zero-order chi connectivity index (χ0) is 12.1. The molecule has 2 N–H and O–H groups in total. The van der Waals surface area contributed by atoms with Crippen LogP contribution in [-0.4, -0.2) is 34.4 Å². The van der Waals surface area contributed by atoms with E-state index in [9.17, 15) is 5.11 Å². The van der Waals surface area contributed by atoms with E-state index in [1.165, 1.54) is 0 Å². The quantitative estimate of drug-likeness (QED) is 0.792. The number of hydrogen-bond donors (Lipinski definition) is 2. The maximum Gasteiger partial charge on any atom is 0.129 e. The van der Waals surface area contributed by atoms with Crippen LogP contribution in [0.5, 0.6) is 0 Å². The molecule has 4 nitrogen and oxygen atoms in total. The Kier molecular flexibility index (Phi) is 4.71. The SMILES string of the molecule is CC(C)N(CCO)c1cc([C@H](C)O)ccn1. The maximum atomic E-state index is 9.50. The van der Waals surface area contributed by atoms with Crippen LogP contribution < -0.4 is 4.90 Å². The number of pyridine rings is 1. The molecule has 1 aromatic heterocycles. The molecular formula is C12H20N2O2. The third-order valence-electron chi connectivity index (χ3n) is 2.51. The van der Waals surface area contributed by atoms with Gasteiger partial charge in [-0.2, -0.15) is 0 Å². The van der Waals surface area contributed by atoms with Crippen molar-refractivity contribution in [1.29, 1.82) is 0 Å². The van der Waals surface area contributed by atoms with Gasteiger partial charge in [-0.3, -0.25) is 0 Å². The summed E-state index contributed by atoms with van der Waals surface area (Å²) in [7, 11) is 0. The van der Waals surface area contributed by atoms with Gasteiger partial charge in [0, 0.05) is 18.8 Å². The molecule has 16 heavy (non-hydrogen) atoms. The Labute approximate surface area is 96.6 Å². The van der Waals surface area contributed by atoms with Gasteiger partial charge >= 0.3 is 0 Å². The zero-order valence-corrected chi connectivity index (χ0v) is 10.1. The lowest BCUT2D eigenvalue weighted by molar-refractivity contribution is 0.199. The highest BCUT2D eigenvalue weighted by atomic mass is 16.3. The van der Waals surface area contributed by atoms with Crippen LogP contribution in [0.15, 0.2) is 18.3 Å². The summed E-state index contributed by atoms with van der Waals surface area (Å²) in [5, 5.41) is 18.5. The van der Waals surface area contributed by atoms with Gasteiger partial charge in [0.1, 0.15) is 5.82 Å². The second-order valence-electron chi connectivity index (χ2n) is 4.13. The number of aliphatic hydroxyl groups excluding tert-OH is 2. The lowest BCUT2D eigenvalue weighted by atomic mass is 10.1. The van der Waals surface area contributed by atoms with Crippen molar-refractivity contribution in [3.63, 3.8) is 0 Å². The third-order valence-corrected chi connectivity index (χ3v) is 2.51. The Hall–Kier alpha value is -1.13. The van der Waals surface area contributed by atoms with Crippen molar-refractivity contribution < 1.29 is 10.2 Å². The van der Waals surface area contributed by atoms with Crippen LogP contribution in [0.1, 0.15) is 32.4 Å². The zero-order valence-electron chi connectivity index (χ0n) is 10.1. The first-order chi connectivity index (χ1) is 7.56. The van der Waals surface area contributed by atoms with Crippen LogP contribution >= 0.6 is 0 Å². The van der Waals surface area contributed by atoms with E-state index in [0.717, 1.165) is 11.4 Å². The summed E-state index contributed by atoms with van der Waals surface area (Å²) in [4.78, 5) is 6.27. The maximum absolute atomic E-state index is 9.50. The largest absolute Gasteiger partial charge is 0.395 e. The first-order valence-corrected chi connectivity index (χ1v) is 5.57. The molecular weight excluding hydrogens is 204 g/mol. The second kappa shape index (κ2) is 5.82. The molecule has 1 heterocycles. The molecule has 1 rings (SSSR count). The van der Waals surface area contributed by atoms with E-state index < -0.39 is 6.10 Å². The molecule has 1 aromatic rings. The molecule has 0 unspecified atom stereocenters. The highest BCUT2D eigenvalue weighted by Gasteiger charge is 2.12. The third kappa shape index (κ3) is 3.18. The normalized spacial score (nSPS) is 12.9. The number of nitrogens with zero attached hydrogens (tertiary/aromatic N) is 2. The molecule has 0 spiro atoms. The van der Waals surface area contributed by atoms with E-state index in [2.05, 4.69) is 4.98 Å². The highest BCUT2D eigenvalue weighted by Crippen LogP contribution is 2.19. The molecule has 0 amide bonds. The average molecular weight is 224 g/mol. The van der Waals surface area contributed by atoms with Crippen LogP contribution in [0.4, 0.5) is 5.82 Å². The number of anilines is 1. The van der Waals surface area contributed by atoms with Gasteiger partial charge in [0.15, 0.2) is 0 Å². The van der Waals surface area contributed by atoms with Crippen LogP contribution in [0, 0.1) is 0 Å². The average Bonchev–Trinajstić information content (AvgIpc) is 2.25. The minimum Gasteiger partial charge on any atom is -0.395 e. The van der Waals surface area contributed by atoms with Gasteiger partial charge in [-0.1, -0.05) is 0 Å². The van der Waals surface area contributed by atoms with Crippen molar-refractivity contribution >= 4 is 5.82 Å². The molecule has 0 aromatic carbocycles. The molecule has 0 aliphatic rings. The summed E-state index contributed by atoms with van der Waals surface area (Å²) >= 11 is 0. The Balaban J connectivity index is 2.95. The van der Waals surface area contributed by atoms with Gasteiger partial charge in [0.05, 0.1) is 12.7 Å². The summed E-state index contributed by atoms with van der Waals surface area (Å²) in [6.45, 7) is 6.47. The Morgan fingerprint density at radius 3 is 2.56 bits per heavy atom. The Morgan fingerprint density at radius 2 is 2.06 bits per heavy atom. The molecule has 0 aliphatic heterocycles. The van der Waals surface area contributed by atoms with Gasteiger partial charge in [-0.05, 0) is 38.5 Å². The first-order valence-electron chi connectivity index (χ1n) is 5.57. The van der Waals surface area contributed by atoms with Crippen molar-refractivity contribution in [1.82, 2.24) is 4.98 Å². The minimum atomic E-state index is -0.495. The Morgan fingerprint density at radius 1 is 1.38 bits per heavy atom. The molecule has 0 radical (unpaired) electrons. The van der Waals surface area contributed by atoms with Gasteiger partial charge in [0.2, 0.25) is 0 Å². The van der Waals surface area contributed by atoms with Gasteiger partial charge in [0.25, 0.3) is 0 Å². The lowest BCUT2D eigenvalue weighted by Crippen LogP contribution is -2.34.